The lowest BCUT2D eigenvalue weighted by Crippen LogP contribution is -2.44. The summed E-state index contributed by atoms with van der Waals surface area (Å²) in [5.74, 6) is 0.757. The summed E-state index contributed by atoms with van der Waals surface area (Å²) in [6.45, 7) is 4.29. The number of nitrogens with zero attached hydrogens (tertiary/aromatic N) is 1. The maximum atomic E-state index is 13.2. The van der Waals surface area contributed by atoms with E-state index in [4.69, 9.17) is 9.73 Å². The molecular weight excluding hydrogens is 367 g/mol. The van der Waals surface area contributed by atoms with Crippen molar-refractivity contribution in [2.24, 2.45) is 4.99 Å². The van der Waals surface area contributed by atoms with Gasteiger partial charge in [0.05, 0.1) is 12.1 Å². The van der Waals surface area contributed by atoms with Crippen LogP contribution in [0.4, 0.5) is 13.2 Å². The number of hydrogen-bond donors (Lipinski definition) is 2. The predicted molar refractivity (Wildman–Crippen MR) is 105 cm³/mol. The summed E-state index contributed by atoms with van der Waals surface area (Å²) in [6.07, 6.45) is 1.71. The number of rotatable bonds is 5. The van der Waals surface area contributed by atoms with Crippen LogP contribution in [0.5, 0.6) is 0 Å². The number of nitrogens with one attached hydrogen (secondary N) is 2. The highest BCUT2D eigenvalue weighted by molar-refractivity contribution is 5.80. The maximum absolute atomic E-state index is 13.2. The molecule has 0 atom stereocenters. The summed E-state index contributed by atoms with van der Waals surface area (Å²) in [7, 11) is 0. The molecule has 0 spiro atoms. The van der Waals surface area contributed by atoms with Gasteiger partial charge in [-0.3, -0.25) is 4.99 Å². The zero-order valence-electron chi connectivity index (χ0n) is 16.4. The second-order valence-electron chi connectivity index (χ2n) is 7.79. The molecule has 0 aromatic heterocycles. The van der Waals surface area contributed by atoms with Crippen LogP contribution in [0, 0.1) is 0 Å². The van der Waals surface area contributed by atoms with E-state index in [1.54, 1.807) is 6.07 Å². The third kappa shape index (κ3) is 5.19. The first-order valence-electron chi connectivity index (χ1n) is 10.2. The minimum Gasteiger partial charge on any atom is -0.381 e. The minimum absolute atomic E-state index is 0.428. The molecule has 28 heavy (non-hydrogen) atoms. The van der Waals surface area contributed by atoms with E-state index in [0.717, 1.165) is 31.4 Å². The zero-order valence-corrected chi connectivity index (χ0v) is 16.4. The molecule has 156 valence electrons. The molecule has 0 radical (unpaired) electrons. The van der Waals surface area contributed by atoms with Crippen LogP contribution in [0.3, 0.4) is 0 Å². The van der Waals surface area contributed by atoms with Gasteiger partial charge in [0.25, 0.3) is 0 Å². The van der Waals surface area contributed by atoms with Crippen molar-refractivity contribution in [1.82, 2.24) is 10.6 Å². The van der Waals surface area contributed by atoms with Crippen molar-refractivity contribution in [2.45, 2.75) is 63.1 Å². The van der Waals surface area contributed by atoms with E-state index in [9.17, 15) is 13.2 Å². The number of halogens is 3. The third-order valence-corrected chi connectivity index (χ3v) is 5.83. The fourth-order valence-corrected chi connectivity index (χ4v) is 4.14. The lowest BCUT2D eigenvalue weighted by Gasteiger charge is -2.37. The Morgan fingerprint density at radius 2 is 1.93 bits per heavy atom. The van der Waals surface area contributed by atoms with Crippen LogP contribution < -0.4 is 10.6 Å². The summed E-state index contributed by atoms with van der Waals surface area (Å²) in [5, 5.41) is 6.77. The van der Waals surface area contributed by atoms with Crippen molar-refractivity contribution in [2.75, 3.05) is 26.3 Å². The molecular formula is C21H30F3N3O. The fraction of sp³-hybridized carbons (Fsp3) is 0.667. The molecule has 2 N–H and O–H groups in total. The van der Waals surface area contributed by atoms with Crippen LogP contribution in [0.2, 0.25) is 0 Å². The Kier molecular flexibility index (Phi) is 6.86. The quantitative estimate of drug-likeness (QED) is 0.577. The molecule has 1 aliphatic heterocycles. The number of alkyl halides is 3. The average Bonchev–Trinajstić information content (AvgIpc) is 3.20. The van der Waals surface area contributed by atoms with Crippen molar-refractivity contribution in [1.29, 1.82) is 0 Å². The summed E-state index contributed by atoms with van der Waals surface area (Å²) < 4.78 is 45.2. The van der Waals surface area contributed by atoms with Gasteiger partial charge in [-0.1, -0.05) is 31.0 Å². The summed E-state index contributed by atoms with van der Waals surface area (Å²) in [5.41, 5.74) is -0.334. The molecule has 1 saturated heterocycles. The van der Waals surface area contributed by atoms with Gasteiger partial charge in [0.1, 0.15) is 0 Å². The van der Waals surface area contributed by atoms with Crippen LogP contribution in [0.25, 0.3) is 0 Å². The van der Waals surface area contributed by atoms with Crippen LogP contribution in [-0.4, -0.2) is 38.3 Å². The molecule has 1 aromatic rings. The van der Waals surface area contributed by atoms with Crippen molar-refractivity contribution in [3.8, 4) is 0 Å². The molecule has 0 bridgehead atoms. The second-order valence-corrected chi connectivity index (χ2v) is 7.79. The molecule has 2 fully saturated rings. The first kappa shape index (κ1) is 21.0. The highest BCUT2D eigenvalue weighted by Crippen LogP contribution is 2.38. The lowest BCUT2D eigenvalue weighted by molar-refractivity contribution is -0.137. The van der Waals surface area contributed by atoms with E-state index < -0.39 is 17.2 Å². The third-order valence-electron chi connectivity index (χ3n) is 5.83. The van der Waals surface area contributed by atoms with E-state index in [2.05, 4.69) is 10.6 Å². The smallest absolute Gasteiger partial charge is 0.381 e. The molecule has 4 nitrogen and oxygen atoms in total. The van der Waals surface area contributed by atoms with E-state index in [1.807, 2.05) is 6.92 Å². The van der Waals surface area contributed by atoms with Crippen molar-refractivity contribution in [3.05, 3.63) is 35.4 Å². The summed E-state index contributed by atoms with van der Waals surface area (Å²) >= 11 is 0. The first-order chi connectivity index (χ1) is 13.4. The molecule has 0 amide bonds. The number of ether oxygens (including phenoxy) is 1. The Hall–Kier alpha value is -1.76. The summed E-state index contributed by atoms with van der Waals surface area (Å²) in [4.78, 5) is 4.80. The van der Waals surface area contributed by atoms with E-state index >= 15 is 0 Å². The van der Waals surface area contributed by atoms with Crippen molar-refractivity contribution >= 4 is 5.96 Å². The molecule has 1 heterocycles. The monoisotopic (exact) mass is 397 g/mol. The van der Waals surface area contributed by atoms with Crippen molar-refractivity contribution in [3.63, 3.8) is 0 Å². The predicted octanol–water partition coefficient (Wildman–Crippen LogP) is 4.25. The Morgan fingerprint density at radius 1 is 1.21 bits per heavy atom. The number of benzene rings is 1. The van der Waals surface area contributed by atoms with Gasteiger partial charge in [0.2, 0.25) is 0 Å². The van der Waals surface area contributed by atoms with Gasteiger partial charge >= 0.3 is 6.18 Å². The number of guanidine groups is 1. The first-order valence-corrected chi connectivity index (χ1v) is 10.2. The Morgan fingerprint density at radius 3 is 2.57 bits per heavy atom. The highest BCUT2D eigenvalue weighted by atomic mass is 19.4. The van der Waals surface area contributed by atoms with E-state index in [1.165, 1.54) is 25.0 Å². The molecule has 1 saturated carbocycles. The van der Waals surface area contributed by atoms with Gasteiger partial charge in [-0.05, 0) is 44.2 Å². The van der Waals surface area contributed by atoms with Gasteiger partial charge in [0, 0.05) is 31.2 Å². The second kappa shape index (κ2) is 9.16. The molecule has 3 rings (SSSR count). The normalized spacial score (nSPS) is 20.9. The van der Waals surface area contributed by atoms with Crippen LogP contribution in [0.15, 0.2) is 29.3 Å². The van der Waals surface area contributed by atoms with E-state index in [0.29, 0.717) is 44.2 Å². The Bertz CT molecular complexity index is 663. The molecule has 1 aromatic carbocycles. The molecule has 7 heteroatoms. The summed E-state index contributed by atoms with van der Waals surface area (Å²) in [6, 6.07) is 6.15. The number of hydrogen-bond acceptors (Lipinski definition) is 2. The Balaban J connectivity index is 1.84. The zero-order chi connectivity index (χ0) is 20.0. The van der Waals surface area contributed by atoms with Crippen LogP contribution in [0.1, 0.15) is 56.6 Å². The molecule has 2 aliphatic rings. The highest BCUT2D eigenvalue weighted by Gasteiger charge is 2.37. The van der Waals surface area contributed by atoms with Crippen LogP contribution in [-0.2, 0) is 16.3 Å². The molecule has 0 unspecified atom stereocenters. The topological polar surface area (TPSA) is 45.7 Å². The SMILES string of the molecule is CCNC(=NCC1(c2cccc(C(F)(F)F)c2)CCOCC1)NC1CCCC1. The van der Waals surface area contributed by atoms with Gasteiger partial charge < -0.3 is 15.4 Å². The van der Waals surface area contributed by atoms with Gasteiger partial charge in [-0.25, -0.2) is 0 Å². The van der Waals surface area contributed by atoms with Gasteiger partial charge in [-0.2, -0.15) is 13.2 Å². The largest absolute Gasteiger partial charge is 0.416 e. The van der Waals surface area contributed by atoms with Crippen LogP contribution >= 0.6 is 0 Å². The average molecular weight is 397 g/mol. The van der Waals surface area contributed by atoms with E-state index in [-0.39, 0.29) is 0 Å². The lowest BCUT2D eigenvalue weighted by atomic mass is 9.74. The number of aliphatic imine (C=N–C) groups is 1. The van der Waals surface area contributed by atoms with Crippen molar-refractivity contribution < 1.29 is 17.9 Å². The molecule has 1 aliphatic carbocycles. The van der Waals surface area contributed by atoms with Gasteiger partial charge in [0.15, 0.2) is 5.96 Å². The Labute approximate surface area is 164 Å². The van der Waals surface area contributed by atoms with Gasteiger partial charge in [-0.15, -0.1) is 0 Å². The standard InChI is InChI=1S/C21H30F3N3O/c1-2-25-19(27-18-8-3-4-9-18)26-15-20(10-12-28-13-11-20)16-6-5-7-17(14-16)21(22,23)24/h5-7,14,18H,2-4,8-13,15H2,1H3,(H2,25,26,27). The fourth-order valence-electron chi connectivity index (χ4n) is 4.14. The maximum Gasteiger partial charge on any atom is 0.416 e. The minimum atomic E-state index is -4.34.